The van der Waals surface area contributed by atoms with Crippen molar-refractivity contribution >= 4 is 17.8 Å². The Labute approximate surface area is 216 Å². The smallest absolute Gasteiger partial charge is 0.306 e. The maximum atomic E-state index is 13.1. The third-order valence-electron chi connectivity index (χ3n) is 6.85. The number of hydroxylamine groups is 1. The van der Waals surface area contributed by atoms with E-state index in [9.17, 15) is 19.5 Å². The van der Waals surface area contributed by atoms with Crippen LogP contribution in [-0.2, 0) is 26.2 Å². The van der Waals surface area contributed by atoms with Crippen molar-refractivity contribution in [2.75, 3.05) is 26.8 Å². The predicted molar refractivity (Wildman–Crippen MR) is 136 cm³/mol. The number of piperidine rings is 1. The average molecular weight is 511 g/mol. The molecular formula is C28H34N2O7. The molecule has 0 aliphatic carbocycles. The van der Waals surface area contributed by atoms with E-state index in [1.807, 2.05) is 32.9 Å². The van der Waals surface area contributed by atoms with E-state index in [1.165, 1.54) is 25.3 Å². The fraction of sp³-hybridized carbons (Fsp3) is 0.464. The molecule has 0 bridgehead atoms. The number of amides is 2. The number of phenols is 1. The number of benzene rings is 2. The first-order valence-corrected chi connectivity index (χ1v) is 12.4. The maximum absolute atomic E-state index is 13.1. The van der Waals surface area contributed by atoms with Crippen molar-refractivity contribution < 1.29 is 33.8 Å². The molecule has 2 aliphatic rings. The van der Waals surface area contributed by atoms with Crippen molar-refractivity contribution in [3.63, 3.8) is 0 Å². The van der Waals surface area contributed by atoms with Crippen LogP contribution in [0.5, 0.6) is 11.5 Å². The van der Waals surface area contributed by atoms with E-state index < -0.39 is 11.5 Å². The van der Waals surface area contributed by atoms with Crippen LogP contribution in [0, 0.1) is 0 Å². The van der Waals surface area contributed by atoms with E-state index in [0.717, 1.165) is 29.7 Å². The van der Waals surface area contributed by atoms with Crippen molar-refractivity contribution in [2.24, 2.45) is 0 Å². The average Bonchev–Trinajstić information content (AvgIpc) is 3.19. The SMILES string of the molecule is CONC(=O)c1ccc(C(=O)N2CCC3(CC2)COc2ccc(CCC(=O)OC(C)(C)C)cc23)cc1O. The van der Waals surface area contributed by atoms with Crippen molar-refractivity contribution in [3.05, 3.63) is 58.7 Å². The lowest BCUT2D eigenvalue weighted by molar-refractivity contribution is -0.154. The van der Waals surface area contributed by atoms with E-state index in [4.69, 9.17) is 9.47 Å². The van der Waals surface area contributed by atoms with E-state index in [2.05, 4.69) is 16.4 Å². The van der Waals surface area contributed by atoms with Crippen molar-refractivity contribution in [1.82, 2.24) is 10.4 Å². The number of phenolic OH excluding ortho intramolecular Hbond substituents is 1. The summed E-state index contributed by atoms with van der Waals surface area (Å²) in [6.07, 6.45) is 2.37. The largest absolute Gasteiger partial charge is 0.507 e. The molecule has 0 aromatic heterocycles. The molecule has 0 saturated carbocycles. The molecule has 2 aromatic carbocycles. The first-order chi connectivity index (χ1) is 17.5. The van der Waals surface area contributed by atoms with E-state index >= 15 is 0 Å². The Balaban J connectivity index is 1.41. The summed E-state index contributed by atoms with van der Waals surface area (Å²) in [7, 11) is 1.30. The Morgan fingerprint density at radius 3 is 2.49 bits per heavy atom. The van der Waals surface area contributed by atoms with Gasteiger partial charge in [-0.25, -0.2) is 5.48 Å². The van der Waals surface area contributed by atoms with Gasteiger partial charge in [-0.3, -0.25) is 19.2 Å². The summed E-state index contributed by atoms with van der Waals surface area (Å²) >= 11 is 0. The number of aromatic hydroxyl groups is 1. The summed E-state index contributed by atoms with van der Waals surface area (Å²) < 4.78 is 11.4. The first-order valence-electron chi connectivity index (χ1n) is 12.4. The zero-order valence-electron chi connectivity index (χ0n) is 21.8. The van der Waals surface area contributed by atoms with Gasteiger partial charge in [-0.15, -0.1) is 0 Å². The fourth-order valence-electron chi connectivity index (χ4n) is 4.94. The van der Waals surface area contributed by atoms with Crippen LogP contribution in [0.15, 0.2) is 36.4 Å². The molecule has 0 atom stereocenters. The monoisotopic (exact) mass is 510 g/mol. The second-order valence-corrected chi connectivity index (χ2v) is 10.6. The quantitative estimate of drug-likeness (QED) is 0.451. The fourth-order valence-corrected chi connectivity index (χ4v) is 4.94. The topological polar surface area (TPSA) is 114 Å². The van der Waals surface area contributed by atoms with E-state index in [1.54, 1.807) is 4.90 Å². The number of carbonyl (C=O) groups is 3. The minimum absolute atomic E-state index is 0.0261. The highest BCUT2D eigenvalue weighted by Gasteiger charge is 2.44. The van der Waals surface area contributed by atoms with E-state index in [-0.39, 0.29) is 28.6 Å². The van der Waals surface area contributed by atoms with Crippen molar-refractivity contribution in [1.29, 1.82) is 0 Å². The molecule has 4 rings (SSSR count). The number of carbonyl (C=O) groups excluding carboxylic acids is 3. The number of nitrogens with zero attached hydrogens (tertiary/aromatic N) is 1. The molecule has 1 spiro atoms. The molecule has 198 valence electrons. The van der Waals surface area contributed by atoms with Crippen LogP contribution in [0.3, 0.4) is 0 Å². The number of aryl methyl sites for hydroxylation is 1. The Morgan fingerprint density at radius 2 is 1.84 bits per heavy atom. The zero-order chi connectivity index (χ0) is 26.8. The normalized spacial score (nSPS) is 16.2. The van der Waals surface area contributed by atoms with Gasteiger partial charge in [-0.2, -0.15) is 0 Å². The highest BCUT2D eigenvalue weighted by molar-refractivity contribution is 5.99. The molecular weight excluding hydrogens is 476 g/mol. The third-order valence-corrected chi connectivity index (χ3v) is 6.85. The molecule has 9 heteroatoms. The summed E-state index contributed by atoms with van der Waals surface area (Å²) in [5, 5.41) is 10.2. The standard InChI is InChI=1S/C28H34N2O7/c1-27(2,3)37-24(32)10-6-18-5-9-23-21(15-18)28(17-36-23)11-13-30(14-12-28)26(34)19-7-8-20(22(31)16-19)25(33)29-35-4/h5,7-9,15-16,31H,6,10-14,17H2,1-4H3,(H,29,33). The molecule has 0 unspecified atom stereocenters. The molecule has 37 heavy (non-hydrogen) atoms. The number of likely N-dealkylation sites (tertiary alicyclic amines) is 1. The van der Waals surface area contributed by atoms with Gasteiger partial charge >= 0.3 is 5.97 Å². The van der Waals surface area contributed by atoms with Crippen LogP contribution < -0.4 is 10.2 Å². The molecule has 2 amide bonds. The van der Waals surface area contributed by atoms with Gasteiger partial charge in [-0.1, -0.05) is 12.1 Å². The number of nitrogens with one attached hydrogen (secondary N) is 1. The second kappa shape index (κ2) is 10.4. The molecule has 1 fully saturated rings. The molecule has 2 heterocycles. The lowest BCUT2D eigenvalue weighted by atomic mass is 9.74. The van der Waals surface area contributed by atoms with Crippen LogP contribution in [-0.4, -0.2) is 60.2 Å². The van der Waals surface area contributed by atoms with Gasteiger partial charge < -0.3 is 19.5 Å². The van der Waals surface area contributed by atoms with Crippen LogP contribution in [0.2, 0.25) is 0 Å². The summed E-state index contributed by atoms with van der Waals surface area (Å²) in [5.74, 6) is -0.441. The predicted octanol–water partition coefficient (Wildman–Crippen LogP) is 3.52. The number of ether oxygens (including phenoxy) is 2. The van der Waals surface area contributed by atoms with Crippen LogP contribution in [0.4, 0.5) is 0 Å². The molecule has 2 N–H and O–H groups in total. The van der Waals surface area contributed by atoms with Gasteiger partial charge in [0.1, 0.15) is 17.1 Å². The van der Waals surface area contributed by atoms with Crippen molar-refractivity contribution in [2.45, 2.75) is 57.5 Å². The molecule has 1 saturated heterocycles. The Morgan fingerprint density at radius 1 is 1.11 bits per heavy atom. The van der Waals surface area contributed by atoms with Gasteiger partial charge in [0.05, 0.1) is 19.3 Å². The Kier molecular flexibility index (Phi) is 7.45. The van der Waals surface area contributed by atoms with Gasteiger partial charge in [0, 0.05) is 36.1 Å². The molecule has 9 nitrogen and oxygen atoms in total. The lowest BCUT2D eigenvalue weighted by Crippen LogP contribution is -2.46. The van der Waals surface area contributed by atoms with E-state index in [0.29, 0.717) is 38.1 Å². The van der Waals surface area contributed by atoms with Crippen LogP contribution >= 0.6 is 0 Å². The number of hydrogen-bond donors (Lipinski definition) is 2. The Bertz CT molecular complexity index is 1190. The second-order valence-electron chi connectivity index (χ2n) is 10.6. The minimum atomic E-state index is -0.593. The third kappa shape index (κ3) is 5.88. The molecule has 2 aliphatic heterocycles. The number of hydrogen-bond acceptors (Lipinski definition) is 7. The van der Waals surface area contributed by atoms with Crippen LogP contribution in [0.25, 0.3) is 0 Å². The van der Waals surface area contributed by atoms with Gasteiger partial charge in [0.15, 0.2) is 0 Å². The van der Waals surface area contributed by atoms with Crippen molar-refractivity contribution in [3.8, 4) is 11.5 Å². The highest BCUT2D eigenvalue weighted by Crippen LogP contribution is 2.46. The maximum Gasteiger partial charge on any atom is 0.306 e. The summed E-state index contributed by atoms with van der Waals surface area (Å²) in [4.78, 5) is 43.6. The van der Waals surface area contributed by atoms with Gasteiger partial charge in [0.25, 0.3) is 11.8 Å². The van der Waals surface area contributed by atoms with Gasteiger partial charge in [0.2, 0.25) is 0 Å². The molecule has 0 radical (unpaired) electrons. The zero-order valence-corrected chi connectivity index (χ0v) is 21.8. The summed E-state index contributed by atoms with van der Waals surface area (Å²) in [6.45, 7) is 7.21. The molecule has 2 aromatic rings. The number of esters is 1. The summed E-state index contributed by atoms with van der Waals surface area (Å²) in [5.41, 5.74) is 3.99. The van der Waals surface area contributed by atoms with Crippen LogP contribution in [0.1, 0.15) is 71.9 Å². The Hall–Kier alpha value is -3.59. The number of fused-ring (bicyclic) bond motifs is 2. The summed E-state index contributed by atoms with van der Waals surface area (Å²) in [6, 6.07) is 10.3. The minimum Gasteiger partial charge on any atom is -0.507 e. The lowest BCUT2D eigenvalue weighted by Gasteiger charge is -2.38. The van der Waals surface area contributed by atoms with Gasteiger partial charge in [-0.05, 0) is 69.9 Å². The number of rotatable bonds is 6. The first kappa shape index (κ1) is 26.5. The highest BCUT2D eigenvalue weighted by atomic mass is 16.6.